The lowest BCUT2D eigenvalue weighted by Crippen LogP contribution is -2.05. The number of amides is 1. The lowest BCUT2D eigenvalue weighted by atomic mass is 10.1. The first-order chi connectivity index (χ1) is 8.15. The summed E-state index contributed by atoms with van der Waals surface area (Å²) in [5.41, 5.74) is 2.88. The van der Waals surface area contributed by atoms with Crippen molar-refractivity contribution in [2.45, 2.75) is 6.92 Å². The van der Waals surface area contributed by atoms with Crippen LogP contribution in [0.15, 0.2) is 46.9 Å². The molecule has 2 nitrogen and oxygen atoms in total. The minimum atomic E-state index is -0.0866. The van der Waals surface area contributed by atoms with Crippen LogP contribution in [-0.2, 0) is 4.79 Å². The van der Waals surface area contributed by atoms with Gasteiger partial charge < -0.3 is 5.32 Å². The fraction of sp³-hybridized carbons (Fsp3) is 0.0714. The predicted octanol–water partition coefficient (Wildman–Crippen LogP) is 3.87. The monoisotopic (exact) mass is 288 g/mol. The Labute approximate surface area is 109 Å². The maximum Gasteiger partial charge on any atom is 0.221 e. The maximum absolute atomic E-state index is 10.9. The predicted molar refractivity (Wildman–Crippen MR) is 72.7 cm³/mol. The molecule has 1 amide bonds. The largest absolute Gasteiger partial charge is 0.326 e. The highest BCUT2D eigenvalue weighted by atomic mass is 79.9. The van der Waals surface area contributed by atoms with Gasteiger partial charge in [-0.25, -0.2) is 0 Å². The molecular weight excluding hydrogens is 278 g/mol. The van der Waals surface area contributed by atoms with E-state index >= 15 is 0 Å². The van der Waals surface area contributed by atoms with Crippen LogP contribution in [0.4, 0.5) is 5.69 Å². The molecule has 0 unspecified atom stereocenters. The molecule has 2 rings (SSSR count). The Bertz CT molecular complexity index is 534. The molecular formula is C14H11BrNO. The van der Waals surface area contributed by atoms with Crippen LogP contribution in [0, 0.1) is 6.07 Å². The molecule has 1 radical (unpaired) electrons. The van der Waals surface area contributed by atoms with Crippen molar-refractivity contribution in [2.75, 3.05) is 5.32 Å². The second kappa shape index (κ2) is 5.15. The number of rotatable bonds is 2. The molecule has 0 saturated heterocycles. The fourth-order valence-electron chi connectivity index (χ4n) is 1.54. The highest BCUT2D eigenvalue weighted by Crippen LogP contribution is 2.23. The lowest BCUT2D eigenvalue weighted by Gasteiger charge is -2.04. The van der Waals surface area contributed by atoms with Gasteiger partial charge in [-0.1, -0.05) is 34.1 Å². The number of anilines is 1. The van der Waals surface area contributed by atoms with E-state index in [1.807, 2.05) is 42.5 Å². The van der Waals surface area contributed by atoms with Crippen LogP contribution in [0.25, 0.3) is 11.1 Å². The third-order valence-corrected chi connectivity index (χ3v) is 2.77. The molecule has 2 aromatic carbocycles. The van der Waals surface area contributed by atoms with Crippen molar-refractivity contribution >= 4 is 27.5 Å². The first-order valence-corrected chi connectivity index (χ1v) is 6.00. The quantitative estimate of drug-likeness (QED) is 0.893. The van der Waals surface area contributed by atoms with Crippen molar-refractivity contribution in [3.63, 3.8) is 0 Å². The summed E-state index contributed by atoms with van der Waals surface area (Å²) < 4.78 is 1.04. The van der Waals surface area contributed by atoms with Crippen molar-refractivity contribution in [3.05, 3.63) is 53.0 Å². The van der Waals surface area contributed by atoms with Crippen molar-refractivity contribution in [1.82, 2.24) is 0 Å². The zero-order valence-corrected chi connectivity index (χ0v) is 10.9. The van der Waals surface area contributed by atoms with Crippen LogP contribution < -0.4 is 5.32 Å². The number of carbonyl (C=O) groups excluding carboxylic acids is 1. The minimum Gasteiger partial charge on any atom is -0.326 e. The van der Waals surface area contributed by atoms with Gasteiger partial charge in [0.2, 0.25) is 5.91 Å². The second-order valence-corrected chi connectivity index (χ2v) is 4.60. The molecule has 0 fully saturated rings. The van der Waals surface area contributed by atoms with E-state index in [4.69, 9.17) is 0 Å². The number of carbonyl (C=O) groups is 1. The second-order valence-electron chi connectivity index (χ2n) is 3.68. The number of halogens is 1. The molecule has 0 aliphatic rings. The van der Waals surface area contributed by atoms with E-state index in [-0.39, 0.29) is 5.91 Å². The normalized spacial score (nSPS) is 10.0. The Morgan fingerprint density at radius 2 is 2.06 bits per heavy atom. The van der Waals surface area contributed by atoms with Gasteiger partial charge in [0, 0.05) is 23.2 Å². The minimum absolute atomic E-state index is 0.0866. The molecule has 3 heteroatoms. The van der Waals surface area contributed by atoms with E-state index in [0.717, 1.165) is 15.6 Å². The Morgan fingerprint density at radius 1 is 1.24 bits per heavy atom. The van der Waals surface area contributed by atoms with E-state index in [9.17, 15) is 4.79 Å². The van der Waals surface area contributed by atoms with Crippen LogP contribution >= 0.6 is 15.9 Å². The Morgan fingerprint density at radius 3 is 2.65 bits per heavy atom. The molecule has 2 aromatic rings. The molecule has 0 aliphatic carbocycles. The summed E-state index contributed by atoms with van der Waals surface area (Å²) in [4.78, 5) is 10.9. The smallest absolute Gasteiger partial charge is 0.221 e. The lowest BCUT2D eigenvalue weighted by molar-refractivity contribution is -0.114. The zero-order chi connectivity index (χ0) is 12.3. The fourth-order valence-corrected chi connectivity index (χ4v) is 1.94. The maximum atomic E-state index is 10.9. The Kier molecular flexibility index (Phi) is 3.59. The van der Waals surface area contributed by atoms with E-state index < -0.39 is 0 Å². The van der Waals surface area contributed by atoms with E-state index in [1.165, 1.54) is 6.92 Å². The Hall–Kier alpha value is -1.61. The first-order valence-electron chi connectivity index (χ1n) is 5.20. The third kappa shape index (κ3) is 3.17. The van der Waals surface area contributed by atoms with Crippen molar-refractivity contribution in [2.24, 2.45) is 0 Å². The third-order valence-electron chi connectivity index (χ3n) is 2.28. The molecule has 0 atom stereocenters. The highest BCUT2D eigenvalue weighted by molar-refractivity contribution is 9.10. The van der Waals surface area contributed by atoms with Crippen molar-refractivity contribution < 1.29 is 4.79 Å². The summed E-state index contributed by atoms with van der Waals surface area (Å²) in [6.07, 6.45) is 0. The van der Waals surface area contributed by atoms with Crippen molar-refractivity contribution in [1.29, 1.82) is 0 Å². The molecule has 1 N–H and O–H groups in total. The Balaban J connectivity index is 2.26. The van der Waals surface area contributed by atoms with E-state index in [2.05, 4.69) is 27.3 Å². The SMILES string of the molecule is CC(=O)Nc1[c]cc(-c2cccc(Br)c2)cc1. The molecule has 0 bridgehead atoms. The average molecular weight is 289 g/mol. The molecule has 0 aliphatic heterocycles. The summed E-state index contributed by atoms with van der Waals surface area (Å²) in [5.74, 6) is -0.0866. The summed E-state index contributed by atoms with van der Waals surface area (Å²) in [5, 5.41) is 2.69. The topological polar surface area (TPSA) is 29.1 Å². The molecule has 85 valence electrons. The van der Waals surface area contributed by atoms with Crippen LogP contribution in [-0.4, -0.2) is 5.91 Å². The number of hydrogen-bond acceptors (Lipinski definition) is 1. The zero-order valence-electron chi connectivity index (χ0n) is 9.33. The van der Waals surface area contributed by atoms with Gasteiger partial charge in [-0.05, 0) is 35.4 Å². The molecule has 0 aromatic heterocycles. The summed E-state index contributed by atoms with van der Waals surface area (Å²) in [6.45, 7) is 1.48. The van der Waals surface area contributed by atoms with Crippen LogP contribution in [0.3, 0.4) is 0 Å². The average Bonchev–Trinajstić information content (AvgIpc) is 2.29. The van der Waals surface area contributed by atoms with Gasteiger partial charge in [0.05, 0.1) is 0 Å². The molecule has 17 heavy (non-hydrogen) atoms. The van der Waals surface area contributed by atoms with Crippen LogP contribution in [0.2, 0.25) is 0 Å². The molecule has 0 saturated carbocycles. The van der Waals surface area contributed by atoms with Gasteiger partial charge in [-0.2, -0.15) is 0 Å². The first kappa shape index (κ1) is 11.9. The van der Waals surface area contributed by atoms with Crippen LogP contribution in [0.5, 0.6) is 0 Å². The van der Waals surface area contributed by atoms with Gasteiger partial charge in [-0.3, -0.25) is 4.79 Å². The summed E-state index contributed by atoms with van der Waals surface area (Å²) >= 11 is 3.44. The van der Waals surface area contributed by atoms with Gasteiger partial charge in [0.25, 0.3) is 0 Å². The molecule has 0 heterocycles. The number of hydrogen-bond donors (Lipinski definition) is 1. The number of nitrogens with one attached hydrogen (secondary N) is 1. The van der Waals surface area contributed by atoms with Gasteiger partial charge in [-0.15, -0.1) is 0 Å². The van der Waals surface area contributed by atoms with Crippen molar-refractivity contribution in [3.8, 4) is 11.1 Å². The summed E-state index contributed by atoms with van der Waals surface area (Å²) in [7, 11) is 0. The molecule has 0 spiro atoms. The van der Waals surface area contributed by atoms with Gasteiger partial charge in [0.15, 0.2) is 0 Å². The highest BCUT2D eigenvalue weighted by Gasteiger charge is 2.00. The van der Waals surface area contributed by atoms with Gasteiger partial charge in [0.1, 0.15) is 0 Å². The number of benzene rings is 2. The van der Waals surface area contributed by atoms with E-state index in [1.54, 1.807) is 0 Å². The summed E-state index contributed by atoms with van der Waals surface area (Å²) in [6, 6.07) is 16.8. The van der Waals surface area contributed by atoms with Gasteiger partial charge >= 0.3 is 0 Å². The van der Waals surface area contributed by atoms with Crippen LogP contribution in [0.1, 0.15) is 6.92 Å². The standard InChI is InChI=1S/C14H11BrNO/c1-10(17)16-14-7-5-11(6-8-14)12-3-2-4-13(15)9-12/h2-7,9H,1H3,(H,16,17). The van der Waals surface area contributed by atoms with E-state index in [0.29, 0.717) is 5.69 Å².